The van der Waals surface area contributed by atoms with Crippen molar-refractivity contribution in [1.82, 2.24) is 14.8 Å². The van der Waals surface area contributed by atoms with Crippen LogP contribution in [0.1, 0.15) is 109 Å². The van der Waals surface area contributed by atoms with E-state index in [-0.39, 0.29) is 64.1 Å². The van der Waals surface area contributed by atoms with Gasteiger partial charge in [-0.15, -0.1) is 11.3 Å². The molecule has 2 atom stereocenters. The van der Waals surface area contributed by atoms with Crippen molar-refractivity contribution in [2.45, 2.75) is 115 Å². The van der Waals surface area contributed by atoms with Crippen LogP contribution in [0.4, 0.5) is 26.3 Å². The number of benzene rings is 1. The second-order valence-electron chi connectivity index (χ2n) is 15.1. The van der Waals surface area contributed by atoms with E-state index < -0.39 is 57.6 Å². The predicted molar refractivity (Wildman–Crippen MR) is 198 cm³/mol. The summed E-state index contributed by atoms with van der Waals surface area (Å²) in [6.07, 6.45) is -4.72. The number of aromatic nitrogens is 1. The molecule has 0 aliphatic carbocycles. The highest BCUT2D eigenvalue weighted by atomic mass is 32.1. The number of hydrogen-bond acceptors (Lipinski definition) is 7. The summed E-state index contributed by atoms with van der Waals surface area (Å²) in [7, 11) is 0. The lowest BCUT2D eigenvalue weighted by Gasteiger charge is -2.52. The molecule has 0 bridgehead atoms. The number of unbranched alkanes of at least 4 members (excludes halogenated alkanes) is 1. The molecule has 0 saturated carbocycles. The summed E-state index contributed by atoms with van der Waals surface area (Å²) < 4.78 is 82.9. The van der Waals surface area contributed by atoms with E-state index in [1.165, 1.54) is 10.3 Å². The first-order chi connectivity index (χ1) is 26.5. The number of carbonyl (C=O) groups is 2. The van der Waals surface area contributed by atoms with E-state index in [0.717, 1.165) is 41.9 Å². The van der Waals surface area contributed by atoms with Gasteiger partial charge < -0.3 is 20.0 Å². The van der Waals surface area contributed by atoms with Crippen LogP contribution >= 0.6 is 11.3 Å². The summed E-state index contributed by atoms with van der Waals surface area (Å²) >= 11 is 0.556. The molecule has 0 spiro atoms. The summed E-state index contributed by atoms with van der Waals surface area (Å²) in [5.74, 6) is -1.26. The van der Waals surface area contributed by atoms with E-state index in [0.29, 0.717) is 55.4 Å². The lowest BCUT2D eigenvalue weighted by atomic mass is 9.66. The molecule has 2 N–H and O–H groups in total. The van der Waals surface area contributed by atoms with Gasteiger partial charge in [-0.3, -0.25) is 14.6 Å². The molecule has 0 radical (unpaired) electrons. The van der Waals surface area contributed by atoms with Gasteiger partial charge in [-0.05, 0) is 117 Å². The topological polar surface area (TPSA) is 118 Å². The highest BCUT2D eigenvalue weighted by Gasteiger charge is 2.54. The summed E-state index contributed by atoms with van der Waals surface area (Å²) in [4.78, 5) is 35.3. The average Bonchev–Trinajstić information content (AvgIpc) is 3.66. The quantitative estimate of drug-likeness (QED) is 0.0958. The number of carbonyl (C=O) groups excluding carboxylic acids is 2. The number of thiophene rings is 1. The van der Waals surface area contributed by atoms with Gasteiger partial charge in [0.05, 0.1) is 22.5 Å². The van der Waals surface area contributed by atoms with Gasteiger partial charge in [-0.2, -0.15) is 31.6 Å². The van der Waals surface area contributed by atoms with Crippen LogP contribution in [0.25, 0.3) is 0 Å². The van der Waals surface area contributed by atoms with Gasteiger partial charge in [0, 0.05) is 31.9 Å². The maximum atomic E-state index is 15.1. The number of rotatable bonds is 14. The number of alkyl halides is 6. The van der Waals surface area contributed by atoms with Crippen molar-refractivity contribution in [2.75, 3.05) is 19.6 Å². The van der Waals surface area contributed by atoms with Gasteiger partial charge in [0.1, 0.15) is 10.6 Å². The summed E-state index contributed by atoms with van der Waals surface area (Å²) in [6, 6.07) is 12.4. The van der Waals surface area contributed by atoms with E-state index >= 15 is 4.79 Å². The van der Waals surface area contributed by atoms with Crippen LogP contribution in [-0.2, 0) is 36.4 Å². The van der Waals surface area contributed by atoms with E-state index in [9.17, 15) is 46.6 Å². The number of piperidine rings is 2. The molecule has 4 heterocycles. The molecule has 5 rings (SSSR count). The SMILES string of the molecule is CCC[C@H]1N(C(=O)c2ncccc2C(F)(F)F)CCC[C@@]1(CCc1csc(C(F)(F)F)c1)C(=O)N1CCC(C#N)(Cc2ccccc2CCCCC(O)O)CC1. The van der Waals surface area contributed by atoms with E-state index in [4.69, 9.17) is 0 Å². The van der Waals surface area contributed by atoms with Gasteiger partial charge in [0.25, 0.3) is 5.91 Å². The van der Waals surface area contributed by atoms with Crippen LogP contribution in [0.5, 0.6) is 0 Å². The van der Waals surface area contributed by atoms with Crippen molar-refractivity contribution in [3.05, 3.63) is 86.9 Å². The first kappa shape index (κ1) is 43.1. The van der Waals surface area contributed by atoms with Crippen LogP contribution in [0.15, 0.2) is 54.0 Å². The van der Waals surface area contributed by atoms with Crippen LogP contribution in [0.2, 0.25) is 0 Å². The van der Waals surface area contributed by atoms with Crippen LogP contribution in [0, 0.1) is 22.2 Å². The first-order valence-corrected chi connectivity index (χ1v) is 20.0. The van der Waals surface area contributed by atoms with Gasteiger partial charge in [-0.1, -0.05) is 37.6 Å². The fourth-order valence-electron chi connectivity index (χ4n) is 8.51. The van der Waals surface area contributed by atoms with E-state index in [1.54, 1.807) is 4.90 Å². The largest absolute Gasteiger partial charge is 0.425 e. The summed E-state index contributed by atoms with van der Waals surface area (Å²) in [6.45, 7) is 2.36. The third-order valence-electron chi connectivity index (χ3n) is 11.4. The Morgan fingerprint density at radius 2 is 1.70 bits per heavy atom. The number of amides is 2. The fraction of sp³-hybridized carbons (Fsp3) is 0.561. The molecule has 304 valence electrons. The molecule has 8 nitrogen and oxygen atoms in total. The van der Waals surface area contributed by atoms with Gasteiger partial charge >= 0.3 is 12.4 Å². The Hall–Kier alpha value is -4.00. The maximum absolute atomic E-state index is 15.1. The van der Waals surface area contributed by atoms with E-state index in [2.05, 4.69) is 11.1 Å². The Balaban J connectivity index is 1.44. The number of hydrogen-bond donors (Lipinski definition) is 2. The predicted octanol–water partition coefficient (Wildman–Crippen LogP) is 8.60. The van der Waals surface area contributed by atoms with Crippen molar-refractivity contribution in [3.63, 3.8) is 0 Å². The van der Waals surface area contributed by atoms with Crippen molar-refractivity contribution < 1.29 is 46.1 Å². The normalized spacial score (nSPS) is 20.3. The number of nitrogens with zero attached hydrogens (tertiary/aromatic N) is 4. The van der Waals surface area contributed by atoms with Crippen molar-refractivity contribution in [3.8, 4) is 6.07 Å². The second-order valence-corrected chi connectivity index (χ2v) is 16.0. The molecule has 3 aromatic rings. The zero-order valence-electron chi connectivity index (χ0n) is 31.3. The zero-order chi connectivity index (χ0) is 40.7. The Morgan fingerprint density at radius 3 is 2.32 bits per heavy atom. The number of likely N-dealkylation sites (tertiary alicyclic amines) is 2. The molecule has 0 unspecified atom stereocenters. The highest BCUT2D eigenvalue weighted by Crippen LogP contribution is 2.47. The number of aliphatic hydroxyl groups is 2. The molecule has 1 aromatic carbocycles. The second kappa shape index (κ2) is 18.1. The standard InChI is InChI=1S/C41H48F6N4O4S/c1-2-9-32-39(17-15-28-24-33(56-26-28)41(45,46)47,16-8-21-51(32)36(54)35-31(40(42,43)44)13-7-20-49-35)37(55)50-22-18-38(27-48,19-23-50)25-30-12-4-3-10-29(30)11-5-6-14-34(52)53/h3-4,7,10,12-13,20,24,26,32,34,52-53H,2,5-6,8-9,11,14-19,21-23,25H2,1H3/t32-,39+/m1/s1. The monoisotopic (exact) mass is 806 g/mol. The Labute approximate surface area is 327 Å². The number of nitriles is 1. The van der Waals surface area contributed by atoms with Crippen LogP contribution < -0.4 is 0 Å². The highest BCUT2D eigenvalue weighted by molar-refractivity contribution is 7.10. The maximum Gasteiger partial charge on any atom is 0.425 e. The number of aryl methyl sites for hydroxylation is 2. The average molecular weight is 807 g/mol. The van der Waals surface area contributed by atoms with Crippen molar-refractivity contribution in [2.24, 2.45) is 10.8 Å². The minimum atomic E-state index is -4.86. The molecule has 2 aliphatic heterocycles. The molecule has 2 aliphatic rings. The lowest BCUT2D eigenvalue weighted by molar-refractivity contribution is -0.152. The van der Waals surface area contributed by atoms with Crippen molar-refractivity contribution in [1.29, 1.82) is 5.26 Å². The first-order valence-electron chi connectivity index (χ1n) is 19.1. The summed E-state index contributed by atoms with van der Waals surface area (Å²) in [5, 5.41) is 30.4. The molecule has 2 amide bonds. The smallest absolute Gasteiger partial charge is 0.368 e. The lowest BCUT2D eigenvalue weighted by Crippen LogP contribution is -2.62. The molecule has 2 fully saturated rings. The molecule has 56 heavy (non-hydrogen) atoms. The number of halogens is 6. The fourth-order valence-corrected chi connectivity index (χ4v) is 9.32. The number of pyridine rings is 1. The molecule has 2 aromatic heterocycles. The zero-order valence-corrected chi connectivity index (χ0v) is 32.2. The minimum Gasteiger partial charge on any atom is -0.368 e. The third kappa shape index (κ3) is 9.92. The van der Waals surface area contributed by atoms with Crippen molar-refractivity contribution >= 4 is 23.2 Å². The van der Waals surface area contributed by atoms with Crippen LogP contribution in [0.3, 0.4) is 0 Å². The van der Waals surface area contributed by atoms with E-state index in [1.807, 2.05) is 31.2 Å². The van der Waals surface area contributed by atoms with Gasteiger partial charge in [0.2, 0.25) is 5.91 Å². The third-order valence-corrected chi connectivity index (χ3v) is 12.5. The molecule has 2 saturated heterocycles. The summed E-state index contributed by atoms with van der Waals surface area (Å²) in [5.41, 5.74) is -1.62. The Morgan fingerprint density at radius 1 is 0.982 bits per heavy atom. The molecular formula is C41H48F6N4O4S. The van der Waals surface area contributed by atoms with Crippen LogP contribution in [-0.4, -0.2) is 68.8 Å². The number of aliphatic hydroxyl groups excluding tert-OH is 1. The minimum absolute atomic E-state index is 0.0727. The van der Waals surface area contributed by atoms with Gasteiger partial charge in [-0.25, -0.2) is 0 Å². The molecular weight excluding hydrogens is 759 g/mol. The van der Waals surface area contributed by atoms with Gasteiger partial charge in [0.15, 0.2) is 6.29 Å². The Kier molecular flexibility index (Phi) is 13.9. The Bertz CT molecular complexity index is 1850. The molecule has 15 heteroatoms.